The van der Waals surface area contributed by atoms with E-state index in [0.717, 1.165) is 0 Å². The van der Waals surface area contributed by atoms with Gasteiger partial charge in [-0.2, -0.15) is 13.2 Å². The zero-order valence-corrected chi connectivity index (χ0v) is 11.0. The number of rotatable bonds is 4. The predicted molar refractivity (Wildman–Crippen MR) is 63.2 cm³/mol. The van der Waals surface area contributed by atoms with Gasteiger partial charge < -0.3 is 5.11 Å². The van der Waals surface area contributed by atoms with Crippen LogP contribution in [0.5, 0.6) is 0 Å². The first-order chi connectivity index (χ1) is 8.17. The van der Waals surface area contributed by atoms with E-state index in [1.54, 1.807) is 18.2 Å². The number of alkyl halides is 3. The third kappa shape index (κ3) is 3.46. The van der Waals surface area contributed by atoms with E-state index in [2.05, 4.69) is 15.9 Å². The van der Waals surface area contributed by atoms with E-state index in [1.165, 1.54) is 13.0 Å². The van der Waals surface area contributed by atoms with E-state index in [1.807, 2.05) is 5.32 Å². The van der Waals surface area contributed by atoms with Crippen molar-refractivity contribution in [3.05, 3.63) is 34.3 Å². The molecule has 1 unspecified atom stereocenters. The number of nitrogens with one attached hydrogen (secondary N) is 1. The topological polar surface area (TPSA) is 49.3 Å². The van der Waals surface area contributed by atoms with Crippen molar-refractivity contribution in [2.75, 3.05) is 6.54 Å². The van der Waals surface area contributed by atoms with Crippen molar-refractivity contribution < 1.29 is 23.1 Å². The third-order valence-electron chi connectivity index (χ3n) is 2.48. The van der Waals surface area contributed by atoms with Crippen molar-refractivity contribution in [2.45, 2.75) is 18.6 Å². The number of benzene rings is 1. The number of carboxylic acids is 1. The van der Waals surface area contributed by atoms with Gasteiger partial charge in [0, 0.05) is 4.47 Å². The van der Waals surface area contributed by atoms with Gasteiger partial charge >= 0.3 is 12.1 Å². The van der Waals surface area contributed by atoms with Gasteiger partial charge in [0.05, 0.1) is 6.54 Å². The van der Waals surface area contributed by atoms with Crippen LogP contribution in [0.3, 0.4) is 0 Å². The minimum absolute atomic E-state index is 0.238. The molecule has 0 aliphatic heterocycles. The van der Waals surface area contributed by atoms with Crippen LogP contribution >= 0.6 is 15.9 Å². The van der Waals surface area contributed by atoms with Crippen LogP contribution in [0.25, 0.3) is 0 Å². The van der Waals surface area contributed by atoms with Crippen molar-refractivity contribution in [1.82, 2.24) is 5.32 Å². The quantitative estimate of drug-likeness (QED) is 0.894. The van der Waals surface area contributed by atoms with Crippen LogP contribution in [0.4, 0.5) is 13.2 Å². The summed E-state index contributed by atoms with van der Waals surface area (Å²) in [4.78, 5) is 11.2. The van der Waals surface area contributed by atoms with Crippen molar-refractivity contribution in [3.8, 4) is 0 Å². The molecule has 0 radical (unpaired) electrons. The van der Waals surface area contributed by atoms with Crippen LogP contribution in [-0.4, -0.2) is 23.8 Å². The Kier molecular flexibility index (Phi) is 4.39. The van der Waals surface area contributed by atoms with E-state index in [4.69, 9.17) is 5.11 Å². The Morgan fingerprint density at radius 2 is 1.94 bits per heavy atom. The molecule has 0 fully saturated rings. The maximum absolute atomic E-state index is 12.2. The van der Waals surface area contributed by atoms with E-state index in [9.17, 15) is 18.0 Å². The average molecular weight is 326 g/mol. The van der Waals surface area contributed by atoms with Crippen molar-refractivity contribution in [1.29, 1.82) is 0 Å². The molecule has 18 heavy (non-hydrogen) atoms. The summed E-state index contributed by atoms with van der Waals surface area (Å²) in [5, 5.41) is 11.2. The second kappa shape index (κ2) is 5.27. The molecular weight excluding hydrogens is 315 g/mol. The average Bonchev–Trinajstić information content (AvgIpc) is 2.25. The Bertz CT molecular complexity index is 450. The third-order valence-corrected chi connectivity index (χ3v) is 3.17. The Balaban J connectivity index is 3.09. The summed E-state index contributed by atoms with van der Waals surface area (Å²) in [6.07, 6.45) is -4.47. The van der Waals surface area contributed by atoms with E-state index >= 15 is 0 Å². The normalized spacial score (nSPS) is 15.2. The zero-order chi connectivity index (χ0) is 14.0. The highest BCUT2D eigenvalue weighted by atomic mass is 79.9. The highest BCUT2D eigenvalue weighted by Crippen LogP contribution is 2.29. The second-order valence-electron chi connectivity index (χ2n) is 3.88. The Labute approximate surface area is 110 Å². The van der Waals surface area contributed by atoms with Gasteiger partial charge in [-0.05, 0) is 18.6 Å². The molecule has 3 nitrogen and oxygen atoms in total. The smallest absolute Gasteiger partial charge is 0.401 e. The molecule has 1 atom stereocenters. The second-order valence-corrected chi connectivity index (χ2v) is 4.73. The van der Waals surface area contributed by atoms with Gasteiger partial charge in [-0.25, -0.2) is 4.79 Å². The largest absolute Gasteiger partial charge is 0.480 e. The summed E-state index contributed by atoms with van der Waals surface area (Å²) in [6.45, 7) is -0.182. The Hall–Kier alpha value is -1.08. The van der Waals surface area contributed by atoms with Gasteiger partial charge in [0.2, 0.25) is 0 Å². The van der Waals surface area contributed by atoms with Crippen LogP contribution in [-0.2, 0) is 10.3 Å². The molecule has 0 saturated heterocycles. The Morgan fingerprint density at radius 1 is 1.39 bits per heavy atom. The fourth-order valence-corrected chi connectivity index (χ4v) is 2.11. The van der Waals surface area contributed by atoms with Crippen LogP contribution in [0.15, 0.2) is 28.7 Å². The highest BCUT2D eigenvalue weighted by Gasteiger charge is 2.40. The first-order valence-corrected chi connectivity index (χ1v) is 5.76. The van der Waals surface area contributed by atoms with Gasteiger partial charge in [-0.15, -0.1) is 0 Å². The molecule has 0 aromatic heterocycles. The number of halogens is 4. The first kappa shape index (κ1) is 15.0. The SMILES string of the molecule is CC(NCC(F)(F)F)(C(=O)O)c1ccccc1Br. The van der Waals surface area contributed by atoms with Crippen molar-refractivity contribution in [3.63, 3.8) is 0 Å². The van der Waals surface area contributed by atoms with Crippen LogP contribution in [0.1, 0.15) is 12.5 Å². The number of aliphatic carboxylic acids is 1. The summed E-state index contributed by atoms with van der Waals surface area (Å²) in [6, 6.07) is 6.25. The first-order valence-electron chi connectivity index (χ1n) is 4.97. The molecule has 1 aromatic rings. The predicted octanol–water partition coefficient (Wildman–Crippen LogP) is 2.90. The minimum atomic E-state index is -4.47. The van der Waals surface area contributed by atoms with Gasteiger partial charge in [0.15, 0.2) is 0 Å². The van der Waals surface area contributed by atoms with E-state index in [-0.39, 0.29) is 5.56 Å². The van der Waals surface area contributed by atoms with Crippen LogP contribution < -0.4 is 5.32 Å². The maximum atomic E-state index is 12.2. The summed E-state index contributed by atoms with van der Waals surface area (Å²) < 4.78 is 37.0. The zero-order valence-electron chi connectivity index (χ0n) is 9.38. The molecule has 2 N–H and O–H groups in total. The molecule has 1 rings (SSSR count). The highest BCUT2D eigenvalue weighted by molar-refractivity contribution is 9.10. The molecule has 0 heterocycles. The van der Waals surface area contributed by atoms with Crippen molar-refractivity contribution >= 4 is 21.9 Å². The van der Waals surface area contributed by atoms with E-state index < -0.39 is 24.2 Å². The molecule has 0 amide bonds. The molecular formula is C11H11BrF3NO2. The molecule has 0 aliphatic carbocycles. The maximum Gasteiger partial charge on any atom is 0.401 e. The summed E-state index contributed by atoms with van der Waals surface area (Å²) in [7, 11) is 0. The van der Waals surface area contributed by atoms with Crippen LogP contribution in [0.2, 0.25) is 0 Å². The molecule has 0 saturated carbocycles. The number of carboxylic acid groups (broad SMARTS) is 1. The van der Waals surface area contributed by atoms with Crippen LogP contribution in [0, 0.1) is 0 Å². The molecule has 100 valence electrons. The lowest BCUT2D eigenvalue weighted by Gasteiger charge is -2.28. The molecule has 1 aromatic carbocycles. The molecule has 0 aliphatic rings. The molecule has 7 heteroatoms. The van der Waals surface area contributed by atoms with E-state index in [0.29, 0.717) is 4.47 Å². The van der Waals surface area contributed by atoms with Gasteiger partial charge in [-0.1, -0.05) is 34.1 Å². The molecule has 0 bridgehead atoms. The standard InChI is InChI=1S/C11H11BrF3NO2/c1-10(9(17)18,16-6-11(13,14)15)7-4-2-3-5-8(7)12/h2-5,16H,6H2,1H3,(H,17,18). The van der Waals surface area contributed by atoms with Crippen molar-refractivity contribution in [2.24, 2.45) is 0 Å². The number of hydrogen-bond acceptors (Lipinski definition) is 2. The monoisotopic (exact) mass is 325 g/mol. The minimum Gasteiger partial charge on any atom is -0.480 e. The summed E-state index contributed by atoms with van der Waals surface area (Å²) >= 11 is 3.14. The fourth-order valence-electron chi connectivity index (χ4n) is 1.43. The lowest BCUT2D eigenvalue weighted by Crippen LogP contribution is -2.50. The number of hydrogen-bond donors (Lipinski definition) is 2. The summed E-state index contributed by atoms with van der Waals surface area (Å²) in [5.74, 6) is -1.38. The molecule has 0 spiro atoms. The van der Waals surface area contributed by atoms with Gasteiger partial charge in [-0.3, -0.25) is 5.32 Å². The lowest BCUT2D eigenvalue weighted by molar-refractivity contribution is -0.150. The van der Waals surface area contributed by atoms with Gasteiger partial charge in [0.25, 0.3) is 0 Å². The Morgan fingerprint density at radius 3 is 2.39 bits per heavy atom. The van der Waals surface area contributed by atoms with Gasteiger partial charge in [0.1, 0.15) is 5.54 Å². The lowest BCUT2D eigenvalue weighted by atomic mass is 9.92. The summed E-state index contributed by atoms with van der Waals surface area (Å²) in [5.41, 5.74) is -1.57. The number of carbonyl (C=O) groups is 1. The fraction of sp³-hybridized carbons (Fsp3) is 0.364.